The predicted molar refractivity (Wildman–Crippen MR) is 68.5 cm³/mol. The predicted octanol–water partition coefficient (Wildman–Crippen LogP) is 3.24. The minimum atomic E-state index is 0.0601. The first-order valence-electron chi connectivity index (χ1n) is 5.71. The third-order valence-corrected chi connectivity index (χ3v) is 2.58. The molecule has 1 aliphatic carbocycles. The Hall–Kier alpha value is -1.98. The molecule has 0 heterocycles. The smallest absolute Gasteiger partial charge is 0.177 e. The molecule has 0 saturated carbocycles. The van der Waals surface area contributed by atoms with E-state index in [4.69, 9.17) is 10.5 Å². The Labute approximate surface area is 101 Å². The van der Waals surface area contributed by atoms with Crippen molar-refractivity contribution in [1.82, 2.24) is 0 Å². The fourth-order valence-corrected chi connectivity index (χ4v) is 1.57. The van der Waals surface area contributed by atoms with Crippen LogP contribution in [0.25, 0.3) is 0 Å². The van der Waals surface area contributed by atoms with E-state index in [-0.39, 0.29) is 6.04 Å². The molecule has 0 bridgehead atoms. The molecule has 0 aromatic heterocycles. The summed E-state index contributed by atoms with van der Waals surface area (Å²) in [5.41, 5.74) is 12.8. The molecule has 1 atom stereocenters. The zero-order chi connectivity index (χ0) is 12.1. The van der Waals surface area contributed by atoms with E-state index in [1.165, 1.54) is 0 Å². The Morgan fingerprint density at radius 2 is 2.29 bits per heavy atom. The molecule has 0 radical (unpaired) electrons. The molecule has 1 aromatic rings. The van der Waals surface area contributed by atoms with Crippen LogP contribution < -0.4 is 10.5 Å². The van der Waals surface area contributed by atoms with Gasteiger partial charge in [0.25, 0.3) is 0 Å². The monoisotopic (exact) mass is 225 g/mol. The number of hydrogen-bond acceptors (Lipinski definition) is 2. The molecule has 0 saturated heterocycles. The van der Waals surface area contributed by atoms with Gasteiger partial charge in [-0.05, 0) is 48.1 Å². The quantitative estimate of drug-likeness (QED) is 0.798. The lowest BCUT2D eigenvalue weighted by atomic mass is 10.1. The Kier molecular flexibility index (Phi) is 3.64. The van der Waals surface area contributed by atoms with Gasteiger partial charge in [-0.25, -0.2) is 0 Å². The second-order valence-corrected chi connectivity index (χ2v) is 3.85. The van der Waals surface area contributed by atoms with Crippen LogP contribution in [-0.2, 0) is 0 Å². The number of benzene rings is 1. The molecule has 86 valence electrons. The van der Waals surface area contributed by atoms with Crippen LogP contribution in [0.3, 0.4) is 0 Å². The van der Waals surface area contributed by atoms with Crippen LogP contribution in [0.2, 0.25) is 0 Å². The van der Waals surface area contributed by atoms with Crippen LogP contribution in [0.1, 0.15) is 24.9 Å². The molecule has 0 fully saturated rings. The van der Waals surface area contributed by atoms with E-state index in [0.29, 0.717) is 5.76 Å². The van der Waals surface area contributed by atoms with Crippen LogP contribution in [0.4, 0.5) is 0 Å². The number of hydrogen-bond donors (Lipinski definition) is 1. The summed E-state index contributed by atoms with van der Waals surface area (Å²) >= 11 is 0. The van der Waals surface area contributed by atoms with Gasteiger partial charge in [0.2, 0.25) is 0 Å². The second-order valence-electron chi connectivity index (χ2n) is 3.85. The maximum atomic E-state index is 5.99. The molecule has 2 N–H and O–H groups in total. The summed E-state index contributed by atoms with van der Waals surface area (Å²) in [6, 6.07) is 7.90. The molecule has 1 unspecified atom stereocenters. The van der Waals surface area contributed by atoms with E-state index < -0.39 is 0 Å². The van der Waals surface area contributed by atoms with E-state index in [1.54, 1.807) is 6.08 Å². The highest BCUT2D eigenvalue weighted by atomic mass is 16.5. The van der Waals surface area contributed by atoms with Crippen molar-refractivity contribution in [3.8, 4) is 5.75 Å². The molecular weight excluding hydrogens is 210 g/mol. The Balaban J connectivity index is 2.20. The molecule has 0 aliphatic heterocycles. The van der Waals surface area contributed by atoms with E-state index in [0.717, 1.165) is 17.7 Å². The van der Waals surface area contributed by atoms with Crippen molar-refractivity contribution in [2.24, 2.45) is 5.73 Å². The standard InChI is InChI=1S/C15H15NO/c1-2-15(16)12-7-6-10-14(11-12)17-13-8-4-3-5-9-13/h3-4,6-8,10-11,15H,2,16H2,1H3. The van der Waals surface area contributed by atoms with E-state index in [9.17, 15) is 0 Å². The van der Waals surface area contributed by atoms with E-state index in [2.05, 4.69) is 18.4 Å². The average molecular weight is 225 g/mol. The minimum Gasteiger partial charge on any atom is -0.448 e. The van der Waals surface area contributed by atoms with Crippen LogP contribution >= 0.6 is 0 Å². The van der Waals surface area contributed by atoms with Crippen molar-refractivity contribution < 1.29 is 4.74 Å². The van der Waals surface area contributed by atoms with Crippen LogP contribution in [0, 0.1) is 0 Å². The molecule has 1 aliphatic rings. The van der Waals surface area contributed by atoms with E-state index >= 15 is 0 Å². The van der Waals surface area contributed by atoms with Crippen molar-refractivity contribution in [2.45, 2.75) is 19.4 Å². The molecule has 2 nitrogen and oxygen atoms in total. The zero-order valence-corrected chi connectivity index (χ0v) is 9.81. The Bertz CT molecular complexity index is 530. The molecule has 0 spiro atoms. The van der Waals surface area contributed by atoms with Gasteiger partial charge in [-0.1, -0.05) is 24.8 Å². The highest BCUT2D eigenvalue weighted by Gasteiger charge is 2.05. The lowest BCUT2D eigenvalue weighted by Crippen LogP contribution is -2.08. The van der Waals surface area contributed by atoms with Gasteiger partial charge in [0.15, 0.2) is 5.76 Å². The van der Waals surface area contributed by atoms with Crippen LogP contribution in [0.5, 0.6) is 5.75 Å². The summed E-state index contributed by atoms with van der Waals surface area (Å²) in [5, 5.41) is 0. The summed E-state index contributed by atoms with van der Waals surface area (Å²) < 4.78 is 5.67. The largest absolute Gasteiger partial charge is 0.448 e. The van der Waals surface area contributed by atoms with Crippen molar-refractivity contribution in [1.29, 1.82) is 0 Å². The summed E-state index contributed by atoms with van der Waals surface area (Å²) in [6.45, 7) is 2.07. The summed E-state index contributed by atoms with van der Waals surface area (Å²) in [4.78, 5) is 0. The van der Waals surface area contributed by atoms with Crippen molar-refractivity contribution in [3.05, 3.63) is 65.3 Å². The molecule has 17 heavy (non-hydrogen) atoms. The topological polar surface area (TPSA) is 35.2 Å². The normalized spacial score (nSPS) is 14.6. The van der Waals surface area contributed by atoms with Gasteiger partial charge < -0.3 is 10.5 Å². The zero-order valence-electron chi connectivity index (χ0n) is 9.81. The maximum Gasteiger partial charge on any atom is 0.177 e. The van der Waals surface area contributed by atoms with Gasteiger partial charge in [0, 0.05) is 6.04 Å². The highest BCUT2D eigenvalue weighted by molar-refractivity contribution is 5.33. The van der Waals surface area contributed by atoms with Gasteiger partial charge in [-0.3, -0.25) is 0 Å². The summed E-state index contributed by atoms with van der Waals surface area (Å²) in [5.74, 6) is 1.44. The van der Waals surface area contributed by atoms with Gasteiger partial charge in [-0.2, -0.15) is 0 Å². The van der Waals surface area contributed by atoms with Crippen molar-refractivity contribution in [2.75, 3.05) is 0 Å². The number of nitrogens with two attached hydrogens (primary N) is 1. The van der Waals surface area contributed by atoms with Gasteiger partial charge in [0.05, 0.1) is 0 Å². The van der Waals surface area contributed by atoms with Crippen molar-refractivity contribution >= 4 is 0 Å². The summed E-state index contributed by atoms with van der Waals surface area (Å²) in [6.07, 6.45) is 6.42. The molecular formula is C15H15NO. The van der Waals surface area contributed by atoms with Gasteiger partial charge in [0.1, 0.15) is 5.75 Å². The summed E-state index contributed by atoms with van der Waals surface area (Å²) in [7, 11) is 0. The number of allylic oxidation sites excluding steroid dienone is 3. The number of ether oxygens (including phenoxy) is 1. The van der Waals surface area contributed by atoms with Crippen LogP contribution in [-0.4, -0.2) is 0 Å². The minimum absolute atomic E-state index is 0.0601. The van der Waals surface area contributed by atoms with Crippen molar-refractivity contribution in [3.63, 3.8) is 0 Å². The lowest BCUT2D eigenvalue weighted by Gasteiger charge is -2.11. The molecule has 1 aromatic carbocycles. The first-order valence-corrected chi connectivity index (χ1v) is 5.71. The maximum absolute atomic E-state index is 5.99. The molecule has 0 amide bonds. The van der Waals surface area contributed by atoms with E-state index in [1.807, 2.05) is 36.4 Å². The second kappa shape index (κ2) is 5.38. The molecule has 2 heteroatoms. The highest BCUT2D eigenvalue weighted by Crippen LogP contribution is 2.21. The molecule has 2 rings (SSSR count). The van der Waals surface area contributed by atoms with Gasteiger partial charge >= 0.3 is 0 Å². The third kappa shape index (κ3) is 2.99. The fraction of sp³-hybridized carbons (Fsp3) is 0.200. The fourth-order valence-electron chi connectivity index (χ4n) is 1.57. The van der Waals surface area contributed by atoms with Crippen LogP contribution in [0.15, 0.2) is 59.7 Å². The first-order chi connectivity index (χ1) is 8.29. The number of rotatable bonds is 4. The average Bonchev–Trinajstić information content (AvgIpc) is 2.39. The third-order valence-electron chi connectivity index (χ3n) is 2.58. The van der Waals surface area contributed by atoms with Gasteiger partial charge in [-0.15, -0.1) is 0 Å². The first kappa shape index (κ1) is 11.5. The lowest BCUT2D eigenvalue weighted by molar-refractivity contribution is 0.444. The Morgan fingerprint density at radius 1 is 1.41 bits per heavy atom. The SMILES string of the molecule is CCC(N)c1cccc(OC2=C=C=CC=C2)c1. The Morgan fingerprint density at radius 3 is 3.00 bits per heavy atom.